The molecule has 2 aromatic heterocycles. The molecule has 4 nitrogen and oxygen atoms in total. The van der Waals surface area contributed by atoms with Gasteiger partial charge in [-0.1, -0.05) is 206 Å². The van der Waals surface area contributed by atoms with Gasteiger partial charge in [-0.25, -0.2) is 0 Å². The number of rotatable bonds is 7. The van der Waals surface area contributed by atoms with E-state index in [1.807, 2.05) is 6.07 Å². The summed E-state index contributed by atoms with van der Waals surface area (Å²) in [6.45, 7) is -0.113. The highest BCUT2D eigenvalue weighted by Gasteiger charge is 2.43. The van der Waals surface area contributed by atoms with Crippen LogP contribution in [0, 0.1) is 0 Å². The summed E-state index contributed by atoms with van der Waals surface area (Å²) in [6, 6.07) is 95.5. The van der Waals surface area contributed by atoms with Crippen LogP contribution in [-0.2, 0) is 0 Å². The van der Waals surface area contributed by atoms with Crippen LogP contribution in [0.1, 0.15) is 0 Å². The van der Waals surface area contributed by atoms with Crippen LogP contribution in [0.2, 0.25) is 0 Å². The summed E-state index contributed by atoms with van der Waals surface area (Å²) < 4.78 is 18.7. The molecule has 0 N–H and O–H groups in total. The Bertz CT molecular complexity index is 4190. The first-order chi connectivity index (χ1) is 35.7. The van der Waals surface area contributed by atoms with Gasteiger partial charge in [0, 0.05) is 44.4 Å². The predicted molar refractivity (Wildman–Crippen MR) is 302 cm³/mol. The van der Waals surface area contributed by atoms with Crippen LogP contribution < -0.4 is 46.6 Å². The maximum Gasteiger partial charge on any atom is 0.260 e. The Morgan fingerprint density at radius 1 is 0.306 bits per heavy atom. The van der Waals surface area contributed by atoms with Crippen LogP contribution in [0.15, 0.2) is 261 Å². The first kappa shape index (κ1) is 40.8. The monoisotopic (exact) mass is 934 g/mol. The molecule has 15 rings (SSSR count). The lowest BCUT2D eigenvalue weighted by molar-refractivity contribution is 0.464. The lowest BCUT2D eigenvalue weighted by Crippen LogP contribution is -2.74. The van der Waals surface area contributed by atoms with Crippen LogP contribution in [0.5, 0.6) is 23.0 Å². The summed E-state index contributed by atoms with van der Waals surface area (Å²) in [5.41, 5.74) is 12.4. The topological polar surface area (TPSA) is 28.3 Å². The van der Waals surface area contributed by atoms with Gasteiger partial charge in [-0.3, -0.25) is 0 Å². The van der Waals surface area contributed by atoms with E-state index in [4.69, 9.17) is 9.47 Å². The second kappa shape index (κ2) is 16.0. The molecule has 0 spiro atoms. The van der Waals surface area contributed by atoms with Gasteiger partial charge in [-0.15, -0.1) is 0 Å². The fraction of sp³-hybridized carbons (Fsp3) is 0. The zero-order valence-electron chi connectivity index (χ0n) is 39.1. The highest BCUT2D eigenvalue weighted by Crippen LogP contribution is 2.43. The molecule has 336 valence electrons. The lowest BCUT2D eigenvalue weighted by atomic mass is 9.34. The van der Waals surface area contributed by atoms with Crippen molar-refractivity contribution in [2.24, 2.45) is 0 Å². The number of para-hydroxylation sites is 3. The highest BCUT2D eigenvalue weighted by atomic mass is 28.3. The molecule has 0 fully saturated rings. The van der Waals surface area contributed by atoms with Crippen molar-refractivity contribution in [2.75, 3.05) is 0 Å². The number of benzene rings is 11. The number of ether oxygens (including phenoxy) is 2. The van der Waals surface area contributed by atoms with Crippen molar-refractivity contribution in [1.29, 1.82) is 0 Å². The van der Waals surface area contributed by atoms with Gasteiger partial charge in [0.1, 0.15) is 23.0 Å². The van der Waals surface area contributed by atoms with E-state index < -0.39 is 8.07 Å². The number of hydrogen-bond donors (Lipinski definition) is 0. The van der Waals surface area contributed by atoms with Gasteiger partial charge >= 0.3 is 0 Å². The van der Waals surface area contributed by atoms with E-state index >= 15 is 0 Å². The van der Waals surface area contributed by atoms with E-state index in [1.165, 1.54) is 58.9 Å². The average molecular weight is 935 g/mol. The lowest BCUT2D eigenvalue weighted by Gasteiger charge is -2.35. The number of hydrogen-bond acceptors (Lipinski definition) is 2. The van der Waals surface area contributed by atoms with E-state index in [0.717, 1.165) is 67.4 Å². The quantitative estimate of drug-likeness (QED) is 0.118. The molecule has 0 saturated heterocycles. The Labute approximate surface area is 418 Å². The largest absolute Gasteiger partial charge is 0.458 e. The van der Waals surface area contributed by atoms with Gasteiger partial charge in [-0.2, -0.15) is 0 Å². The van der Waals surface area contributed by atoms with Gasteiger partial charge in [-0.05, 0) is 91.3 Å². The Kier molecular flexibility index (Phi) is 9.04. The van der Waals surface area contributed by atoms with Crippen molar-refractivity contribution in [1.82, 2.24) is 9.13 Å². The molecule has 0 saturated carbocycles. The molecular weight excluding hydrogens is 892 g/mol. The van der Waals surface area contributed by atoms with Crippen molar-refractivity contribution >= 4 is 95.5 Å². The van der Waals surface area contributed by atoms with Crippen molar-refractivity contribution in [3.63, 3.8) is 0 Å². The molecule has 0 radical (unpaired) electrons. The average Bonchev–Trinajstić information content (AvgIpc) is 3.97. The second-order valence-corrected chi connectivity index (χ2v) is 22.9. The normalized spacial score (nSPS) is 12.6. The number of fused-ring (bicyclic) bond motifs is 11. The van der Waals surface area contributed by atoms with E-state index in [0.29, 0.717) is 0 Å². The van der Waals surface area contributed by atoms with Crippen molar-refractivity contribution in [2.45, 2.75) is 0 Å². The molecule has 0 atom stereocenters. The van der Waals surface area contributed by atoms with Gasteiger partial charge in [0.15, 0.2) is 8.07 Å². The molecular formula is C66H43BN2O2Si. The SMILES string of the molecule is c1ccc(-n2c3ccccc3c3ccc4c5ccccc5n(-c5ccc6c(c5)Oc5cccc7c5B6c5cc(-c6cccc([Si](c8ccccc8)(c8ccccc8)c8ccccc8)c6)ccc5O7)c4c32)cc1. The first-order valence-electron chi connectivity index (χ1n) is 24.8. The molecule has 6 heteroatoms. The fourth-order valence-corrected chi connectivity index (χ4v) is 17.1. The number of aromatic nitrogens is 2. The molecule has 0 amide bonds. The molecule has 13 aromatic rings. The molecule has 0 bridgehead atoms. The number of nitrogens with zero attached hydrogens (tertiary/aromatic N) is 2. The summed E-state index contributed by atoms with van der Waals surface area (Å²) in [7, 11) is -2.76. The Morgan fingerprint density at radius 3 is 1.42 bits per heavy atom. The van der Waals surface area contributed by atoms with Crippen LogP contribution in [0.4, 0.5) is 0 Å². The molecule has 72 heavy (non-hydrogen) atoms. The smallest absolute Gasteiger partial charge is 0.260 e. The predicted octanol–water partition coefficient (Wildman–Crippen LogP) is 11.7. The van der Waals surface area contributed by atoms with Gasteiger partial charge in [0.25, 0.3) is 6.71 Å². The molecule has 2 aliphatic rings. The molecule has 11 aromatic carbocycles. The second-order valence-electron chi connectivity index (χ2n) is 19.1. The van der Waals surface area contributed by atoms with Crippen LogP contribution in [-0.4, -0.2) is 23.9 Å². The van der Waals surface area contributed by atoms with Gasteiger partial charge in [0.05, 0.1) is 22.1 Å². The minimum Gasteiger partial charge on any atom is -0.458 e. The summed E-state index contributed by atoms with van der Waals surface area (Å²) >= 11 is 0. The van der Waals surface area contributed by atoms with Crippen molar-refractivity contribution < 1.29 is 9.47 Å². The van der Waals surface area contributed by atoms with Gasteiger partial charge < -0.3 is 18.6 Å². The summed E-state index contributed by atoms with van der Waals surface area (Å²) in [5, 5.41) is 10.2. The zero-order chi connectivity index (χ0) is 47.3. The third kappa shape index (κ3) is 5.93. The molecule has 4 heterocycles. The van der Waals surface area contributed by atoms with E-state index in [1.54, 1.807) is 0 Å². The standard InChI is InChI=1S/C66H43BN2O2Si/c1-5-20-46(21-6-1)68-58-31-15-13-29-52(58)54-37-38-55-53-30-14-16-32-59(53)69(66(55)65(54)68)47-36-39-56-63(43-47)71-62-34-18-33-61-64(62)67(56)57-42-45(35-40-60(57)70-61)44-19-17-28-51(41-44)72(48-22-7-2-8-23-48,49-24-9-3-10-25-49)50-26-11-4-12-27-50/h1-43H. The van der Waals surface area contributed by atoms with Crippen molar-refractivity contribution in [3.05, 3.63) is 261 Å². The van der Waals surface area contributed by atoms with E-state index in [2.05, 4.69) is 264 Å². The zero-order valence-corrected chi connectivity index (χ0v) is 40.1. The van der Waals surface area contributed by atoms with Crippen LogP contribution >= 0.6 is 0 Å². The first-order valence-corrected chi connectivity index (χ1v) is 26.8. The summed E-state index contributed by atoms with van der Waals surface area (Å²) in [4.78, 5) is 0. The summed E-state index contributed by atoms with van der Waals surface area (Å²) in [5.74, 6) is 3.35. The maximum atomic E-state index is 7.03. The Morgan fingerprint density at radius 2 is 0.806 bits per heavy atom. The fourth-order valence-electron chi connectivity index (χ4n) is 12.3. The summed E-state index contributed by atoms with van der Waals surface area (Å²) in [6.07, 6.45) is 0. The maximum absolute atomic E-state index is 7.03. The third-order valence-electron chi connectivity index (χ3n) is 15.4. The van der Waals surface area contributed by atoms with Crippen LogP contribution in [0.3, 0.4) is 0 Å². The molecule has 2 aliphatic heterocycles. The Balaban J connectivity index is 0.912. The van der Waals surface area contributed by atoms with Gasteiger partial charge in [0.2, 0.25) is 0 Å². The third-order valence-corrected chi connectivity index (χ3v) is 20.1. The minimum absolute atomic E-state index is 0.113. The van der Waals surface area contributed by atoms with E-state index in [-0.39, 0.29) is 6.71 Å². The Hall–Kier alpha value is -9.10. The molecule has 0 unspecified atom stereocenters. The van der Waals surface area contributed by atoms with E-state index in [9.17, 15) is 0 Å². The molecule has 0 aliphatic carbocycles. The minimum atomic E-state index is -2.76. The highest BCUT2D eigenvalue weighted by molar-refractivity contribution is 7.20. The van der Waals surface area contributed by atoms with Crippen molar-refractivity contribution in [3.8, 4) is 45.5 Å². The van der Waals surface area contributed by atoms with Crippen LogP contribution in [0.25, 0.3) is 66.1 Å².